The molecule has 0 saturated heterocycles. The first-order valence-electron chi connectivity index (χ1n) is 8.01. The fourth-order valence-electron chi connectivity index (χ4n) is 4.17. The van der Waals surface area contributed by atoms with Crippen LogP contribution in [0.1, 0.15) is 33.9 Å². The summed E-state index contributed by atoms with van der Waals surface area (Å²) in [6.07, 6.45) is 7.25. The molecule has 0 spiro atoms. The van der Waals surface area contributed by atoms with Gasteiger partial charge in [0.15, 0.2) is 0 Å². The molecule has 1 fully saturated rings. The van der Waals surface area contributed by atoms with Crippen LogP contribution >= 0.6 is 11.3 Å². The van der Waals surface area contributed by atoms with Gasteiger partial charge in [0.2, 0.25) is 0 Å². The third-order valence-corrected chi connectivity index (χ3v) is 6.08. The van der Waals surface area contributed by atoms with Crippen molar-refractivity contribution in [2.75, 3.05) is 0 Å². The lowest BCUT2D eigenvalue weighted by Crippen LogP contribution is -2.37. The highest BCUT2D eigenvalue weighted by molar-refractivity contribution is 7.11. The molecule has 0 aliphatic heterocycles. The Bertz CT molecular complexity index is 601. The molecule has 0 amide bonds. The number of benzene rings is 1. The van der Waals surface area contributed by atoms with Gasteiger partial charge in [0, 0.05) is 23.7 Å². The van der Waals surface area contributed by atoms with Crippen molar-refractivity contribution in [2.24, 2.45) is 11.8 Å². The number of rotatable bonds is 3. The van der Waals surface area contributed by atoms with Crippen LogP contribution in [0, 0.1) is 18.8 Å². The van der Waals surface area contributed by atoms with Crippen LogP contribution in [0.2, 0.25) is 0 Å². The molecular weight excluding hydrogens is 276 g/mol. The monoisotopic (exact) mass is 298 g/mol. The van der Waals surface area contributed by atoms with Gasteiger partial charge in [-0.3, -0.25) is 0 Å². The van der Waals surface area contributed by atoms with E-state index in [0.717, 1.165) is 18.4 Å². The highest BCUT2D eigenvalue weighted by Gasteiger charge is 2.38. The molecule has 1 heterocycles. The Kier molecular flexibility index (Phi) is 3.56. The Morgan fingerprint density at radius 2 is 1.81 bits per heavy atom. The molecular formula is C18H22N2S. The normalized spacial score (nSPS) is 27.4. The molecule has 1 aromatic carbocycles. The Morgan fingerprint density at radius 3 is 2.38 bits per heavy atom. The van der Waals surface area contributed by atoms with Gasteiger partial charge in [-0.2, -0.15) is 0 Å². The van der Waals surface area contributed by atoms with E-state index >= 15 is 0 Å². The summed E-state index contributed by atoms with van der Waals surface area (Å²) in [7, 11) is 0. The number of hydrogen-bond acceptors (Lipinski definition) is 3. The van der Waals surface area contributed by atoms with E-state index in [0.29, 0.717) is 6.04 Å². The zero-order valence-electron chi connectivity index (χ0n) is 12.5. The van der Waals surface area contributed by atoms with Gasteiger partial charge in [-0.05, 0) is 55.6 Å². The first-order valence-corrected chi connectivity index (χ1v) is 8.83. The molecule has 2 unspecified atom stereocenters. The lowest BCUT2D eigenvalue weighted by Gasteiger charge is -2.23. The average molecular weight is 298 g/mol. The van der Waals surface area contributed by atoms with Crippen LogP contribution in [0.25, 0.3) is 0 Å². The highest BCUT2D eigenvalue weighted by atomic mass is 32.1. The third-order valence-electron chi connectivity index (χ3n) is 5.16. The van der Waals surface area contributed by atoms with Crippen molar-refractivity contribution in [1.82, 2.24) is 10.3 Å². The van der Waals surface area contributed by atoms with E-state index in [-0.39, 0.29) is 0 Å². The number of thiazole rings is 1. The van der Waals surface area contributed by atoms with Gasteiger partial charge in [-0.25, -0.2) is 4.98 Å². The summed E-state index contributed by atoms with van der Waals surface area (Å²) in [5.74, 6) is 1.61. The van der Waals surface area contributed by atoms with Crippen LogP contribution in [0.3, 0.4) is 0 Å². The second-order valence-electron chi connectivity index (χ2n) is 6.55. The number of aromatic nitrogens is 1. The molecule has 2 nitrogen and oxygen atoms in total. The summed E-state index contributed by atoms with van der Waals surface area (Å²) in [4.78, 5) is 5.80. The number of nitrogens with one attached hydrogen (secondary N) is 1. The molecule has 110 valence electrons. The van der Waals surface area contributed by atoms with E-state index in [1.54, 1.807) is 11.1 Å². The molecule has 3 heteroatoms. The predicted octanol–water partition coefficient (Wildman–Crippen LogP) is 3.73. The van der Waals surface area contributed by atoms with Crippen LogP contribution in [-0.4, -0.2) is 11.0 Å². The molecule has 2 aliphatic rings. The summed E-state index contributed by atoms with van der Waals surface area (Å²) < 4.78 is 0. The van der Waals surface area contributed by atoms with E-state index in [1.807, 2.05) is 17.5 Å². The first-order chi connectivity index (χ1) is 10.3. The van der Waals surface area contributed by atoms with Crippen molar-refractivity contribution >= 4 is 11.3 Å². The topological polar surface area (TPSA) is 24.9 Å². The number of hydrogen-bond donors (Lipinski definition) is 1. The van der Waals surface area contributed by atoms with Crippen molar-refractivity contribution in [2.45, 2.75) is 45.2 Å². The van der Waals surface area contributed by atoms with Crippen LogP contribution in [0.4, 0.5) is 0 Å². The summed E-state index contributed by atoms with van der Waals surface area (Å²) in [6.45, 7) is 3.07. The molecule has 2 atom stereocenters. The molecule has 1 N–H and O–H groups in total. The summed E-state index contributed by atoms with van der Waals surface area (Å²) in [5.41, 5.74) is 3.17. The number of nitrogens with zero attached hydrogens (tertiary/aromatic N) is 1. The second kappa shape index (κ2) is 5.54. The van der Waals surface area contributed by atoms with Gasteiger partial charge in [0.25, 0.3) is 0 Å². The number of aryl methyl sites for hydroxylation is 1. The highest BCUT2D eigenvalue weighted by Crippen LogP contribution is 2.40. The first kappa shape index (κ1) is 13.5. The smallest absolute Gasteiger partial charge is 0.107 e. The van der Waals surface area contributed by atoms with Gasteiger partial charge in [0.05, 0.1) is 0 Å². The van der Waals surface area contributed by atoms with Crippen LogP contribution < -0.4 is 5.32 Å². The van der Waals surface area contributed by atoms with Crippen molar-refractivity contribution in [3.8, 4) is 0 Å². The van der Waals surface area contributed by atoms with Crippen molar-refractivity contribution in [1.29, 1.82) is 0 Å². The zero-order chi connectivity index (χ0) is 14.2. The van der Waals surface area contributed by atoms with Crippen molar-refractivity contribution in [3.63, 3.8) is 0 Å². The average Bonchev–Trinajstić information content (AvgIpc) is 2.99. The quantitative estimate of drug-likeness (QED) is 0.934. The maximum atomic E-state index is 4.49. The van der Waals surface area contributed by atoms with E-state index < -0.39 is 0 Å². The molecule has 21 heavy (non-hydrogen) atoms. The fourth-order valence-corrected chi connectivity index (χ4v) is 4.91. The molecule has 1 aromatic heterocycles. The largest absolute Gasteiger partial charge is 0.307 e. The zero-order valence-corrected chi connectivity index (χ0v) is 13.3. The predicted molar refractivity (Wildman–Crippen MR) is 87.5 cm³/mol. The van der Waals surface area contributed by atoms with E-state index in [2.05, 4.69) is 41.5 Å². The lowest BCUT2D eigenvalue weighted by atomic mass is 9.94. The molecule has 2 aliphatic carbocycles. The maximum Gasteiger partial charge on any atom is 0.107 e. The minimum atomic E-state index is 0.668. The molecule has 4 rings (SSSR count). The third kappa shape index (κ3) is 2.65. The van der Waals surface area contributed by atoms with E-state index in [9.17, 15) is 0 Å². The summed E-state index contributed by atoms with van der Waals surface area (Å²) in [6, 6.07) is 9.72. The standard InChI is InChI=1S/C18H22N2S/c1-12-10-19-17(21-12)11-20-18-15-6-7-16(18)9-14-5-3-2-4-13(14)8-15/h2-5,10,15-16,18,20H,6-9,11H2,1H3. The molecule has 0 radical (unpaired) electrons. The Labute approximate surface area is 130 Å². The maximum absolute atomic E-state index is 4.49. The SMILES string of the molecule is Cc1cnc(CNC2C3CCC2Cc2ccccc2C3)s1. The molecule has 2 bridgehead atoms. The van der Waals surface area contributed by atoms with Gasteiger partial charge in [0.1, 0.15) is 5.01 Å². The van der Waals surface area contributed by atoms with Crippen LogP contribution in [0.15, 0.2) is 30.5 Å². The van der Waals surface area contributed by atoms with Crippen LogP contribution in [-0.2, 0) is 19.4 Å². The van der Waals surface area contributed by atoms with Crippen molar-refractivity contribution < 1.29 is 0 Å². The van der Waals surface area contributed by atoms with Gasteiger partial charge in [-0.15, -0.1) is 11.3 Å². The lowest BCUT2D eigenvalue weighted by molar-refractivity contribution is 0.340. The van der Waals surface area contributed by atoms with E-state index in [4.69, 9.17) is 0 Å². The summed E-state index contributed by atoms with van der Waals surface area (Å²) in [5, 5.41) is 5.07. The van der Waals surface area contributed by atoms with Gasteiger partial charge in [-0.1, -0.05) is 24.3 Å². The summed E-state index contributed by atoms with van der Waals surface area (Å²) >= 11 is 1.82. The van der Waals surface area contributed by atoms with Gasteiger partial charge < -0.3 is 5.32 Å². The second-order valence-corrected chi connectivity index (χ2v) is 7.87. The Balaban J connectivity index is 1.50. The Morgan fingerprint density at radius 1 is 1.14 bits per heavy atom. The Hall–Kier alpha value is -1.19. The number of fused-ring (bicyclic) bond motifs is 3. The van der Waals surface area contributed by atoms with Gasteiger partial charge >= 0.3 is 0 Å². The fraction of sp³-hybridized carbons (Fsp3) is 0.500. The minimum Gasteiger partial charge on any atom is -0.307 e. The molecule has 2 aromatic rings. The minimum absolute atomic E-state index is 0.668. The molecule has 1 saturated carbocycles. The van der Waals surface area contributed by atoms with E-state index in [1.165, 1.54) is 35.6 Å². The van der Waals surface area contributed by atoms with Crippen LogP contribution in [0.5, 0.6) is 0 Å². The van der Waals surface area contributed by atoms with Crippen molar-refractivity contribution in [3.05, 3.63) is 51.5 Å².